The van der Waals surface area contributed by atoms with Crippen molar-refractivity contribution in [2.24, 2.45) is 0 Å². The predicted molar refractivity (Wildman–Crippen MR) is 105 cm³/mol. The molecule has 0 aliphatic carbocycles. The van der Waals surface area contributed by atoms with Gasteiger partial charge in [0.25, 0.3) is 5.56 Å². The Labute approximate surface area is 157 Å². The number of aryl methyl sites for hydroxylation is 2. The molecule has 140 valence electrons. The van der Waals surface area contributed by atoms with E-state index in [9.17, 15) is 9.59 Å². The van der Waals surface area contributed by atoms with E-state index in [1.54, 1.807) is 24.1 Å². The van der Waals surface area contributed by atoms with Crippen LogP contribution in [-0.4, -0.2) is 41.2 Å². The van der Waals surface area contributed by atoms with Gasteiger partial charge in [-0.05, 0) is 43.2 Å². The Kier molecular flexibility index (Phi) is 5.54. The largest absolute Gasteiger partial charge is 0.492 e. The van der Waals surface area contributed by atoms with E-state index < -0.39 is 0 Å². The molecule has 6 heteroatoms. The first kappa shape index (κ1) is 18.6. The lowest BCUT2D eigenvalue weighted by Crippen LogP contribution is -2.32. The van der Waals surface area contributed by atoms with Crippen LogP contribution >= 0.6 is 0 Å². The van der Waals surface area contributed by atoms with E-state index in [4.69, 9.17) is 4.74 Å². The quantitative estimate of drug-likeness (QED) is 0.729. The molecule has 0 aliphatic rings. The predicted octanol–water partition coefficient (Wildman–Crippen LogP) is 2.62. The highest BCUT2D eigenvalue weighted by Crippen LogP contribution is 2.16. The first-order valence-corrected chi connectivity index (χ1v) is 8.85. The fourth-order valence-corrected chi connectivity index (χ4v) is 3.03. The Bertz CT molecular complexity index is 1010. The molecule has 0 spiro atoms. The zero-order valence-electron chi connectivity index (χ0n) is 15.8. The molecule has 0 unspecified atom stereocenters. The fraction of sp³-hybridized carbons (Fsp3) is 0.286. The van der Waals surface area contributed by atoms with E-state index in [0.29, 0.717) is 29.6 Å². The Morgan fingerprint density at radius 2 is 1.78 bits per heavy atom. The van der Waals surface area contributed by atoms with Gasteiger partial charge in [-0.25, -0.2) is 5.10 Å². The second kappa shape index (κ2) is 8.03. The molecule has 0 fully saturated rings. The topological polar surface area (TPSA) is 75.3 Å². The molecule has 1 heterocycles. The number of fused-ring (bicyclic) bond motifs is 1. The molecule has 6 nitrogen and oxygen atoms in total. The summed E-state index contributed by atoms with van der Waals surface area (Å²) in [5, 5.41) is 7.76. The molecule has 3 rings (SSSR count). The highest BCUT2D eigenvalue weighted by Gasteiger charge is 2.14. The van der Waals surface area contributed by atoms with Crippen LogP contribution in [-0.2, 0) is 11.2 Å². The molecule has 1 aromatic heterocycles. The van der Waals surface area contributed by atoms with Crippen LogP contribution in [0.3, 0.4) is 0 Å². The second-order valence-corrected chi connectivity index (χ2v) is 6.71. The SMILES string of the molecule is Cc1cc(C)cc(OCCN(C)C(=O)Cc2n[nH]c(=O)c3ccccc23)c1. The van der Waals surface area contributed by atoms with Crippen LogP contribution in [0.5, 0.6) is 5.75 Å². The Hall–Kier alpha value is -3.15. The molecule has 0 aliphatic heterocycles. The maximum Gasteiger partial charge on any atom is 0.272 e. The molecular weight excluding hydrogens is 342 g/mol. The zero-order valence-corrected chi connectivity index (χ0v) is 15.8. The monoisotopic (exact) mass is 365 g/mol. The van der Waals surface area contributed by atoms with Gasteiger partial charge >= 0.3 is 0 Å². The smallest absolute Gasteiger partial charge is 0.272 e. The van der Waals surface area contributed by atoms with Crippen LogP contribution in [0, 0.1) is 13.8 Å². The number of H-pyrrole nitrogens is 1. The summed E-state index contributed by atoms with van der Waals surface area (Å²) >= 11 is 0. The number of nitrogens with zero attached hydrogens (tertiary/aromatic N) is 2. The van der Waals surface area contributed by atoms with E-state index in [-0.39, 0.29) is 17.9 Å². The van der Waals surface area contributed by atoms with Gasteiger partial charge in [0.15, 0.2) is 0 Å². The summed E-state index contributed by atoms with van der Waals surface area (Å²) in [6.45, 7) is 4.92. The van der Waals surface area contributed by atoms with Gasteiger partial charge < -0.3 is 9.64 Å². The highest BCUT2D eigenvalue weighted by atomic mass is 16.5. The van der Waals surface area contributed by atoms with Gasteiger partial charge in [0.05, 0.1) is 24.0 Å². The summed E-state index contributed by atoms with van der Waals surface area (Å²) in [4.78, 5) is 26.0. The van der Waals surface area contributed by atoms with Crippen molar-refractivity contribution in [3.8, 4) is 5.75 Å². The summed E-state index contributed by atoms with van der Waals surface area (Å²) in [6.07, 6.45) is 0.122. The first-order chi connectivity index (χ1) is 12.9. The number of aromatic amines is 1. The van der Waals surface area contributed by atoms with E-state index in [0.717, 1.165) is 16.9 Å². The molecule has 1 N–H and O–H groups in total. The van der Waals surface area contributed by atoms with Gasteiger partial charge in [-0.15, -0.1) is 0 Å². The molecule has 27 heavy (non-hydrogen) atoms. The van der Waals surface area contributed by atoms with Gasteiger partial charge in [-0.3, -0.25) is 9.59 Å². The van der Waals surface area contributed by atoms with Crippen LogP contribution in [0.15, 0.2) is 47.3 Å². The van der Waals surface area contributed by atoms with Gasteiger partial charge in [0.2, 0.25) is 5.91 Å². The molecule has 0 saturated carbocycles. The molecule has 0 saturated heterocycles. The minimum atomic E-state index is -0.253. The van der Waals surface area contributed by atoms with Crippen LogP contribution < -0.4 is 10.3 Å². The number of hydrogen-bond donors (Lipinski definition) is 1. The van der Waals surface area contributed by atoms with Crippen molar-refractivity contribution in [1.29, 1.82) is 0 Å². The molecule has 3 aromatic rings. The van der Waals surface area contributed by atoms with Crippen LogP contribution in [0.25, 0.3) is 10.8 Å². The van der Waals surface area contributed by atoms with Crippen molar-refractivity contribution in [3.63, 3.8) is 0 Å². The number of hydrogen-bond acceptors (Lipinski definition) is 4. The lowest BCUT2D eigenvalue weighted by molar-refractivity contribution is -0.129. The summed E-state index contributed by atoms with van der Waals surface area (Å²) in [5.74, 6) is 0.727. The summed E-state index contributed by atoms with van der Waals surface area (Å²) < 4.78 is 5.77. The summed E-state index contributed by atoms with van der Waals surface area (Å²) in [7, 11) is 1.74. The Morgan fingerprint density at radius 1 is 1.11 bits per heavy atom. The number of aromatic nitrogens is 2. The average Bonchev–Trinajstić information content (AvgIpc) is 2.63. The van der Waals surface area contributed by atoms with Crippen molar-refractivity contribution in [3.05, 3.63) is 69.6 Å². The van der Waals surface area contributed by atoms with Crippen molar-refractivity contribution in [2.75, 3.05) is 20.2 Å². The molecular formula is C21H23N3O3. The molecule has 0 bridgehead atoms. The highest BCUT2D eigenvalue weighted by molar-refractivity contribution is 5.88. The third kappa shape index (κ3) is 4.53. The van der Waals surface area contributed by atoms with E-state index >= 15 is 0 Å². The third-order valence-electron chi connectivity index (χ3n) is 4.41. The molecule has 1 amide bonds. The zero-order chi connectivity index (χ0) is 19.4. The van der Waals surface area contributed by atoms with E-state index in [1.807, 2.05) is 38.1 Å². The van der Waals surface area contributed by atoms with Crippen molar-refractivity contribution in [2.45, 2.75) is 20.3 Å². The Morgan fingerprint density at radius 3 is 2.48 bits per heavy atom. The first-order valence-electron chi connectivity index (χ1n) is 8.85. The van der Waals surface area contributed by atoms with Crippen LogP contribution in [0.4, 0.5) is 0 Å². The normalized spacial score (nSPS) is 10.8. The van der Waals surface area contributed by atoms with Gasteiger partial charge in [-0.1, -0.05) is 24.3 Å². The average molecular weight is 365 g/mol. The van der Waals surface area contributed by atoms with Crippen molar-refractivity contribution in [1.82, 2.24) is 15.1 Å². The van der Waals surface area contributed by atoms with E-state index in [1.165, 1.54) is 0 Å². The standard InChI is InChI=1S/C21H23N3O3/c1-14-10-15(2)12-16(11-14)27-9-8-24(3)20(25)13-19-17-6-4-5-7-18(17)21(26)23-22-19/h4-7,10-12H,8-9,13H2,1-3H3,(H,23,26). The second-order valence-electron chi connectivity index (χ2n) is 6.71. The van der Waals surface area contributed by atoms with Gasteiger partial charge in [0.1, 0.15) is 12.4 Å². The minimum absolute atomic E-state index is 0.0799. The number of ether oxygens (including phenoxy) is 1. The maximum atomic E-state index is 12.5. The van der Waals surface area contributed by atoms with Crippen LogP contribution in [0.2, 0.25) is 0 Å². The summed E-state index contributed by atoms with van der Waals surface area (Å²) in [5.41, 5.74) is 2.60. The number of benzene rings is 2. The summed E-state index contributed by atoms with van der Waals surface area (Å²) in [6, 6.07) is 13.2. The number of likely N-dealkylation sites (N-methyl/N-ethyl adjacent to an activating group) is 1. The lowest BCUT2D eigenvalue weighted by atomic mass is 10.1. The fourth-order valence-electron chi connectivity index (χ4n) is 3.03. The maximum absolute atomic E-state index is 12.5. The minimum Gasteiger partial charge on any atom is -0.492 e. The molecule has 0 atom stereocenters. The number of carbonyl (C=O) groups excluding carboxylic acids is 1. The number of rotatable bonds is 6. The van der Waals surface area contributed by atoms with E-state index in [2.05, 4.69) is 16.3 Å². The Balaban J connectivity index is 1.61. The molecule has 0 radical (unpaired) electrons. The third-order valence-corrected chi connectivity index (χ3v) is 4.41. The van der Waals surface area contributed by atoms with Gasteiger partial charge in [-0.2, -0.15) is 5.10 Å². The molecule has 2 aromatic carbocycles. The number of nitrogens with one attached hydrogen (secondary N) is 1. The number of amides is 1. The van der Waals surface area contributed by atoms with Crippen molar-refractivity contribution < 1.29 is 9.53 Å². The lowest BCUT2D eigenvalue weighted by Gasteiger charge is -2.18. The number of carbonyl (C=O) groups is 1. The van der Waals surface area contributed by atoms with Crippen LogP contribution in [0.1, 0.15) is 16.8 Å². The van der Waals surface area contributed by atoms with Gasteiger partial charge in [0, 0.05) is 12.4 Å². The van der Waals surface area contributed by atoms with Crippen molar-refractivity contribution >= 4 is 16.7 Å².